The molecule has 2 rings (SSSR count). The van der Waals surface area contributed by atoms with Crippen LogP contribution in [0.25, 0.3) is 0 Å². The molecule has 1 fully saturated rings. The van der Waals surface area contributed by atoms with E-state index >= 15 is 0 Å². The van der Waals surface area contributed by atoms with Crippen LogP contribution in [-0.2, 0) is 4.79 Å². The number of carbonyl (C=O) groups excluding carboxylic acids is 1. The largest absolute Gasteiger partial charge is 0.481 e. The van der Waals surface area contributed by atoms with E-state index in [1.54, 1.807) is 6.92 Å². The van der Waals surface area contributed by atoms with Gasteiger partial charge in [-0.1, -0.05) is 12.1 Å². The van der Waals surface area contributed by atoms with E-state index in [2.05, 4.69) is 10.2 Å². The lowest BCUT2D eigenvalue weighted by atomic mass is 10.1. The number of aryl methyl sites for hydroxylation is 1. The molecule has 2 N–H and O–H groups in total. The fourth-order valence-electron chi connectivity index (χ4n) is 2.75. The van der Waals surface area contributed by atoms with Crippen LogP contribution in [0.4, 0.5) is 0 Å². The number of rotatable bonds is 7. The molecular formula is C18H28N2O3. The minimum Gasteiger partial charge on any atom is -0.481 e. The minimum atomic E-state index is -0.498. The number of benzene rings is 1. The van der Waals surface area contributed by atoms with Gasteiger partial charge in [0.1, 0.15) is 5.75 Å². The van der Waals surface area contributed by atoms with Crippen LogP contribution in [0, 0.1) is 6.92 Å². The Kier molecular flexibility index (Phi) is 6.86. The summed E-state index contributed by atoms with van der Waals surface area (Å²) in [5, 5.41) is 12.4. The first-order chi connectivity index (χ1) is 11.0. The Morgan fingerprint density at radius 2 is 2.17 bits per heavy atom. The van der Waals surface area contributed by atoms with Crippen molar-refractivity contribution in [1.29, 1.82) is 0 Å². The van der Waals surface area contributed by atoms with E-state index in [9.17, 15) is 9.90 Å². The Morgan fingerprint density at radius 1 is 1.43 bits per heavy atom. The molecule has 128 valence electrons. The number of piperidine rings is 1. The fourth-order valence-corrected chi connectivity index (χ4v) is 2.75. The summed E-state index contributed by atoms with van der Waals surface area (Å²) in [5.74, 6) is 0.639. The molecule has 1 atom stereocenters. The molecule has 5 heteroatoms. The smallest absolute Gasteiger partial charge is 0.260 e. The maximum atomic E-state index is 12.0. The topological polar surface area (TPSA) is 61.8 Å². The number of aliphatic hydroxyl groups excluding tert-OH is 1. The van der Waals surface area contributed by atoms with E-state index in [0.717, 1.165) is 50.2 Å². The number of nitrogens with zero attached hydrogens (tertiary/aromatic N) is 1. The molecule has 1 aromatic carbocycles. The van der Waals surface area contributed by atoms with E-state index in [1.807, 2.05) is 31.2 Å². The molecular weight excluding hydrogens is 292 g/mol. The van der Waals surface area contributed by atoms with Crippen molar-refractivity contribution in [1.82, 2.24) is 10.2 Å². The van der Waals surface area contributed by atoms with Gasteiger partial charge in [0.05, 0.1) is 6.10 Å². The number of hydrogen-bond acceptors (Lipinski definition) is 4. The third-order valence-corrected chi connectivity index (χ3v) is 4.18. The van der Waals surface area contributed by atoms with Crippen LogP contribution in [0.3, 0.4) is 0 Å². The molecule has 1 unspecified atom stereocenters. The minimum absolute atomic E-state index is 0.0828. The van der Waals surface area contributed by atoms with Crippen molar-refractivity contribution in [2.45, 2.75) is 45.3 Å². The van der Waals surface area contributed by atoms with Crippen molar-refractivity contribution in [2.24, 2.45) is 0 Å². The predicted molar refractivity (Wildman–Crippen MR) is 90.6 cm³/mol. The number of amides is 1. The van der Waals surface area contributed by atoms with Gasteiger partial charge >= 0.3 is 0 Å². The zero-order valence-corrected chi connectivity index (χ0v) is 14.1. The second-order valence-corrected chi connectivity index (χ2v) is 6.29. The van der Waals surface area contributed by atoms with Crippen molar-refractivity contribution in [2.75, 3.05) is 26.2 Å². The van der Waals surface area contributed by atoms with Gasteiger partial charge < -0.3 is 20.1 Å². The quantitative estimate of drug-likeness (QED) is 0.751. The Morgan fingerprint density at radius 3 is 2.87 bits per heavy atom. The van der Waals surface area contributed by atoms with Crippen LogP contribution in [-0.4, -0.2) is 54.3 Å². The number of aliphatic hydroxyl groups is 1. The molecule has 0 aliphatic carbocycles. The Bertz CT molecular complexity index is 499. The van der Waals surface area contributed by atoms with E-state index in [4.69, 9.17) is 4.74 Å². The highest BCUT2D eigenvalue weighted by Crippen LogP contribution is 2.14. The van der Waals surface area contributed by atoms with E-state index in [-0.39, 0.29) is 12.0 Å². The summed E-state index contributed by atoms with van der Waals surface area (Å²) in [6, 6.07) is 7.71. The Hall–Kier alpha value is -1.59. The van der Waals surface area contributed by atoms with Crippen LogP contribution in [0.5, 0.6) is 5.75 Å². The molecule has 1 amide bonds. The van der Waals surface area contributed by atoms with Gasteiger partial charge in [-0.3, -0.25) is 4.79 Å². The summed E-state index contributed by atoms with van der Waals surface area (Å²) in [6.45, 7) is 7.27. The van der Waals surface area contributed by atoms with Gasteiger partial charge in [-0.2, -0.15) is 0 Å². The third kappa shape index (κ3) is 6.20. The standard InChI is InChI=1S/C18H28N2O3/c1-14-5-3-6-17(13-14)23-15(2)18(22)19-9-4-10-20-11-7-16(21)8-12-20/h3,5-6,13,15-16,21H,4,7-12H2,1-2H3,(H,19,22). The fraction of sp³-hybridized carbons (Fsp3) is 0.611. The molecule has 0 bridgehead atoms. The highest BCUT2D eigenvalue weighted by Gasteiger charge is 2.17. The van der Waals surface area contributed by atoms with E-state index in [0.29, 0.717) is 6.54 Å². The molecule has 1 aromatic rings. The van der Waals surface area contributed by atoms with Gasteiger partial charge in [0.25, 0.3) is 5.91 Å². The molecule has 0 spiro atoms. The van der Waals surface area contributed by atoms with Crippen LogP contribution in [0.1, 0.15) is 31.7 Å². The van der Waals surface area contributed by atoms with Crippen molar-refractivity contribution < 1.29 is 14.6 Å². The monoisotopic (exact) mass is 320 g/mol. The lowest BCUT2D eigenvalue weighted by Crippen LogP contribution is -2.39. The molecule has 5 nitrogen and oxygen atoms in total. The second-order valence-electron chi connectivity index (χ2n) is 6.29. The third-order valence-electron chi connectivity index (χ3n) is 4.18. The summed E-state index contributed by atoms with van der Waals surface area (Å²) in [6.07, 6.45) is 1.99. The summed E-state index contributed by atoms with van der Waals surface area (Å²) >= 11 is 0. The van der Waals surface area contributed by atoms with Gasteiger partial charge in [0.2, 0.25) is 0 Å². The molecule has 0 aromatic heterocycles. The normalized spacial score (nSPS) is 17.7. The molecule has 1 aliphatic heterocycles. The summed E-state index contributed by atoms with van der Waals surface area (Å²) in [7, 11) is 0. The highest BCUT2D eigenvalue weighted by molar-refractivity contribution is 5.80. The summed E-state index contributed by atoms with van der Waals surface area (Å²) in [5.41, 5.74) is 1.11. The second kappa shape index (κ2) is 8.89. The first-order valence-corrected chi connectivity index (χ1v) is 8.46. The van der Waals surface area contributed by atoms with Crippen LogP contribution in [0.15, 0.2) is 24.3 Å². The van der Waals surface area contributed by atoms with Crippen molar-refractivity contribution in [3.05, 3.63) is 29.8 Å². The Balaban J connectivity index is 1.62. The highest BCUT2D eigenvalue weighted by atomic mass is 16.5. The van der Waals surface area contributed by atoms with E-state index < -0.39 is 6.10 Å². The first kappa shape index (κ1) is 17.8. The number of likely N-dealkylation sites (tertiary alicyclic amines) is 1. The summed E-state index contributed by atoms with van der Waals surface area (Å²) < 4.78 is 5.67. The predicted octanol–water partition coefficient (Wildman–Crippen LogP) is 1.73. The number of ether oxygens (including phenoxy) is 1. The average Bonchev–Trinajstić information content (AvgIpc) is 2.53. The zero-order valence-electron chi connectivity index (χ0n) is 14.1. The average molecular weight is 320 g/mol. The molecule has 0 radical (unpaired) electrons. The van der Waals surface area contributed by atoms with Crippen molar-refractivity contribution in [3.63, 3.8) is 0 Å². The van der Waals surface area contributed by atoms with Crippen LogP contribution >= 0.6 is 0 Å². The van der Waals surface area contributed by atoms with Gasteiger partial charge in [0, 0.05) is 19.6 Å². The van der Waals surface area contributed by atoms with Crippen molar-refractivity contribution in [3.8, 4) is 5.75 Å². The maximum Gasteiger partial charge on any atom is 0.260 e. The molecule has 0 saturated carbocycles. The van der Waals surface area contributed by atoms with E-state index in [1.165, 1.54) is 0 Å². The molecule has 23 heavy (non-hydrogen) atoms. The SMILES string of the molecule is Cc1cccc(OC(C)C(=O)NCCCN2CCC(O)CC2)c1. The van der Waals surface area contributed by atoms with Crippen LogP contribution in [0.2, 0.25) is 0 Å². The first-order valence-electron chi connectivity index (χ1n) is 8.46. The van der Waals surface area contributed by atoms with Gasteiger partial charge in [-0.05, 0) is 57.4 Å². The summed E-state index contributed by atoms with van der Waals surface area (Å²) in [4.78, 5) is 14.4. The molecule has 1 heterocycles. The zero-order chi connectivity index (χ0) is 16.7. The number of nitrogens with one attached hydrogen (secondary N) is 1. The molecule has 1 saturated heterocycles. The lowest BCUT2D eigenvalue weighted by molar-refractivity contribution is -0.127. The van der Waals surface area contributed by atoms with Gasteiger partial charge in [-0.25, -0.2) is 0 Å². The number of carbonyl (C=O) groups is 1. The van der Waals surface area contributed by atoms with Crippen LogP contribution < -0.4 is 10.1 Å². The number of hydrogen-bond donors (Lipinski definition) is 2. The van der Waals surface area contributed by atoms with Gasteiger partial charge in [-0.15, -0.1) is 0 Å². The maximum absolute atomic E-state index is 12.0. The Labute approximate surface area is 138 Å². The van der Waals surface area contributed by atoms with Gasteiger partial charge in [0.15, 0.2) is 6.10 Å². The van der Waals surface area contributed by atoms with Crippen molar-refractivity contribution >= 4 is 5.91 Å². The lowest BCUT2D eigenvalue weighted by Gasteiger charge is -2.29. The molecule has 1 aliphatic rings.